The van der Waals surface area contributed by atoms with Crippen LogP contribution in [0.4, 0.5) is 0 Å². The smallest absolute Gasteiger partial charge is 0.234 e. The molecule has 5 heteroatoms. The van der Waals surface area contributed by atoms with Gasteiger partial charge in [-0.25, -0.2) is 0 Å². The van der Waals surface area contributed by atoms with Gasteiger partial charge in [0, 0.05) is 44.8 Å². The SMILES string of the molecule is CCC(C)(C)NC(=O)CN1CCN(CCN)CC1. The maximum absolute atomic E-state index is 11.9. The molecule has 1 fully saturated rings. The molecule has 0 aromatic rings. The van der Waals surface area contributed by atoms with Crippen LogP contribution in [0.15, 0.2) is 0 Å². The third-order valence-corrected chi connectivity index (χ3v) is 3.64. The van der Waals surface area contributed by atoms with Gasteiger partial charge in [0.1, 0.15) is 0 Å². The fraction of sp³-hybridized carbons (Fsp3) is 0.923. The molecule has 1 amide bonds. The van der Waals surface area contributed by atoms with Gasteiger partial charge in [0.2, 0.25) is 5.91 Å². The number of nitrogens with zero attached hydrogens (tertiary/aromatic N) is 2. The lowest BCUT2D eigenvalue weighted by atomic mass is 10.0. The van der Waals surface area contributed by atoms with Crippen LogP contribution in [-0.4, -0.2) is 67.1 Å². The van der Waals surface area contributed by atoms with E-state index in [0.29, 0.717) is 13.1 Å². The van der Waals surface area contributed by atoms with E-state index in [1.807, 2.05) is 0 Å². The normalized spacial score (nSPS) is 18.9. The van der Waals surface area contributed by atoms with E-state index in [2.05, 4.69) is 35.9 Å². The van der Waals surface area contributed by atoms with Crippen LogP contribution < -0.4 is 11.1 Å². The summed E-state index contributed by atoms with van der Waals surface area (Å²) in [5.41, 5.74) is 5.44. The van der Waals surface area contributed by atoms with E-state index in [1.54, 1.807) is 0 Å². The predicted octanol–water partition coefficient (Wildman–Crippen LogP) is -0.132. The van der Waals surface area contributed by atoms with Crippen molar-refractivity contribution in [2.75, 3.05) is 45.8 Å². The molecule has 1 aliphatic rings. The Morgan fingerprint density at radius 3 is 2.28 bits per heavy atom. The fourth-order valence-corrected chi connectivity index (χ4v) is 2.06. The van der Waals surface area contributed by atoms with Crippen molar-refractivity contribution < 1.29 is 4.79 Å². The zero-order valence-electron chi connectivity index (χ0n) is 12.0. The van der Waals surface area contributed by atoms with Crippen molar-refractivity contribution in [1.82, 2.24) is 15.1 Å². The molecule has 0 atom stereocenters. The second kappa shape index (κ2) is 7.07. The minimum atomic E-state index is -0.0988. The second-order valence-electron chi connectivity index (χ2n) is 5.69. The van der Waals surface area contributed by atoms with Crippen LogP contribution in [0.3, 0.4) is 0 Å². The van der Waals surface area contributed by atoms with Crippen LogP contribution in [0.5, 0.6) is 0 Å². The first-order valence-corrected chi connectivity index (χ1v) is 6.92. The van der Waals surface area contributed by atoms with Crippen molar-refractivity contribution in [3.63, 3.8) is 0 Å². The van der Waals surface area contributed by atoms with Gasteiger partial charge < -0.3 is 11.1 Å². The van der Waals surface area contributed by atoms with E-state index in [9.17, 15) is 4.79 Å². The highest BCUT2D eigenvalue weighted by Gasteiger charge is 2.22. The molecule has 1 aliphatic heterocycles. The summed E-state index contributed by atoms with van der Waals surface area (Å²) in [6.45, 7) is 12.3. The minimum absolute atomic E-state index is 0.0988. The fourth-order valence-electron chi connectivity index (χ4n) is 2.06. The van der Waals surface area contributed by atoms with E-state index < -0.39 is 0 Å². The predicted molar refractivity (Wildman–Crippen MR) is 74.4 cm³/mol. The van der Waals surface area contributed by atoms with E-state index in [0.717, 1.165) is 39.1 Å². The number of amides is 1. The van der Waals surface area contributed by atoms with Gasteiger partial charge in [0.15, 0.2) is 0 Å². The molecule has 0 spiro atoms. The van der Waals surface area contributed by atoms with Crippen molar-refractivity contribution in [3.8, 4) is 0 Å². The zero-order chi connectivity index (χ0) is 13.6. The van der Waals surface area contributed by atoms with Gasteiger partial charge in [0.25, 0.3) is 0 Å². The van der Waals surface area contributed by atoms with Crippen LogP contribution in [0.25, 0.3) is 0 Å². The maximum Gasteiger partial charge on any atom is 0.234 e. The molecule has 18 heavy (non-hydrogen) atoms. The van der Waals surface area contributed by atoms with Crippen molar-refractivity contribution in [2.24, 2.45) is 5.73 Å². The molecule has 0 unspecified atom stereocenters. The van der Waals surface area contributed by atoms with Crippen LogP contribution in [0, 0.1) is 0 Å². The van der Waals surface area contributed by atoms with Gasteiger partial charge in [-0.15, -0.1) is 0 Å². The highest BCUT2D eigenvalue weighted by molar-refractivity contribution is 5.78. The Morgan fingerprint density at radius 1 is 1.22 bits per heavy atom. The lowest BCUT2D eigenvalue weighted by Crippen LogP contribution is -2.52. The number of hydrogen-bond acceptors (Lipinski definition) is 4. The first-order chi connectivity index (χ1) is 8.46. The monoisotopic (exact) mass is 256 g/mol. The summed E-state index contributed by atoms with van der Waals surface area (Å²) in [5, 5.41) is 3.08. The topological polar surface area (TPSA) is 61.6 Å². The number of hydrogen-bond donors (Lipinski definition) is 2. The summed E-state index contributed by atoms with van der Waals surface area (Å²) in [7, 11) is 0. The Labute approximate surface area is 111 Å². The van der Waals surface area contributed by atoms with Gasteiger partial charge in [-0.3, -0.25) is 14.6 Å². The lowest BCUT2D eigenvalue weighted by Gasteiger charge is -2.34. The third kappa shape index (κ3) is 5.33. The summed E-state index contributed by atoms with van der Waals surface area (Å²) < 4.78 is 0. The summed E-state index contributed by atoms with van der Waals surface area (Å²) in [4.78, 5) is 16.5. The number of carbonyl (C=O) groups excluding carboxylic acids is 1. The van der Waals surface area contributed by atoms with Gasteiger partial charge >= 0.3 is 0 Å². The van der Waals surface area contributed by atoms with Crippen molar-refractivity contribution in [2.45, 2.75) is 32.7 Å². The van der Waals surface area contributed by atoms with Gasteiger partial charge in [0.05, 0.1) is 6.54 Å². The molecule has 0 radical (unpaired) electrons. The Kier molecular flexibility index (Phi) is 6.05. The Balaban J connectivity index is 2.26. The number of piperazine rings is 1. The molecule has 0 bridgehead atoms. The Morgan fingerprint density at radius 2 is 1.78 bits per heavy atom. The highest BCUT2D eigenvalue weighted by Crippen LogP contribution is 2.07. The van der Waals surface area contributed by atoms with Crippen LogP contribution in [0.2, 0.25) is 0 Å². The molecule has 1 saturated heterocycles. The Bertz CT molecular complexity index is 260. The molecule has 0 aromatic carbocycles. The molecular formula is C13H28N4O. The second-order valence-corrected chi connectivity index (χ2v) is 5.69. The van der Waals surface area contributed by atoms with Gasteiger partial charge in [-0.1, -0.05) is 6.92 Å². The molecular weight excluding hydrogens is 228 g/mol. The number of nitrogens with two attached hydrogens (primary N) is 1. The maximum atomic E-state index is 11.9. The molecule has 106 valence electrons. The molecule has 1 rings (SSSR count). The van der Waals surface area contributed by atoms with E-state index in [-0.39, 0.29) is 11.4 Å². The molecule has 5 nitrogen and oxygen atoms in total. The Hall–Kier alpha value is -0.650. The summed E-state index contributed by atoms with van der Waals surface area (Å²) >= 11 is 0. The first kappa shape index (κ1) is 15.4. The average molecular weight is 256 g/mol. The molecule has 3 N–H and O–H groups in total. The van der Waals surface area contributed by atoms with Crippen molar-refractivity contribution in [3.05, 3.63) is 0 Å². The molecule has 0 aliphatic carbocycles. The highest BCUT2D eigenvalue weighted by atomic mass is 16.2. The van der Waals surface area contributed by atoms with E-state index in [1.165, 1.54) is 0 Å². The van der Waals surface area contributed by atoms with Crippen LogP contribution in [0.1, 0.15) is 27.2 Å². The minimum Gasteiger partial charge on any atom is -0.350 e. The summed E-state index contributed by atoms with van der Waals surface area (Å²) in [5.74, 6) is 0.133. The van der Waals surface area contributed by atoms with Crippen LogP contribution in [-0.2, 0) is 4.79 Å². The van der Waals surface area contributed by atoms with Gasteiger partial charge in [-0.05, 0) is 20.3 Å². The lowest BCUT2D eigenvalue weighted by molar-refractivity contribution is -0.124. The van der Waals surface area contributed by atoms with Crippen molar-refractivity contribution in [1.29, 1.82) is 0 Å². The van der Waals surface area contributed by atoms with Crippen LogP contribution >= 0.6 is 0 Å². The largest absolute Gasteiger partial charge is 0.350 e. The average Bonchev–Trinajstić information content (AvgIpc) is 2.31. The van der Waals surface area contributed by atoms with E-state index >= 15 is 0 Å². The summed E-state index contributed by atoms with van der Waals surface area (Å²) in [6, 6.07) is 0. The molecule has 0 saturated carbocycles. The quantitative estimate of drug-likeness (QED) is 0.695. The number of nitrogens with one attached hydrogen (secondary N) is 1. The first-order valence-electron chi connectivity index (χ1n) is 6.92. The third-order valence-electron chi connectivity index (χ3n) is 3.64. The number of carbonyl (C=O) groups is 1. The molecule has 0 aromatic heterocycles. The standard InChI is InChI=1S/C13H28N4O/c1-4-13(2,3)15-12(18)11-17-9-7-16(6-5-14)8-10-17/h4-11,14H2,1-3H3,(H,15,18). The molecule has 1 heterocycles. The zero-order valence-corrected chi connectivity index (χ0v) is 12.0. The number of rotatable bonds is 6. The van der Waals surface area contributed by atoms with Gasteiger partial charge in [-0.2, -0.15) is 0 Å². The summed E-state index contributed by atoms with van der Waals surface area (Å²) in [6.07, 6.45) is 0.947. The van der Waals surface area contributed by atoms with Crippen molar-refractivity contribution >= 4 is 5.91 Å². The van der Waals surface area contributed by atoms with E-state index in [4.69, 9.17) is 5.73 Å².